The normalized spacial score (nSPS) is 20.6. The van der Waals surface area contributed by atoms with Gasteiger partial charge in [-0.25, -0.2) is 0 Å². The van der Waals surface area contributed by atoms with Crippen molar-refractivity contribution in [1.82, 2.24) is 20.1 Å². The second-order valence-corrected chi connectivity index (χ2v) is 6.92. The van der Waals surface area contributed by atoms with E-state index < -0.39 is 0 Å². The molecular formula is C19H22N4O3. The van der Waals surface area contributed by atoms with Crippen LogP contribution in [0.2, 0.25) is 0 Å². The Bertz CT molecular complexity index is 939. The number of H-pyrrole nitrogens is 1. The predicted molar refractivity (Wildman–Crippen MR) is 97.0 cm³/mol. The highest BCUT2D eigenvalue weighted by Gasteiger charge is 2.36. The largest absolute Gasteiger partial charge is 0.497 e. The maximum absolute atomic E-state index is 12.8. The van der Waals surface area contributed by atoms with Crippen molar-refractivity contribution < 1.29 is 14.6 Å². The van der Waals surface area contributed by atoms with E-state index >= 15 is 0 Å². The first-order valence-electron chi connectivity index (χ1n) is 8.67. The number of aromatic amines is 1. The monoisotopic (exact) mass is 354 g/mol. The maximum Gasteiger partial charge on any atom is 0.268 e. The van der Waals surface area contributed by atoms with Gasteiger partial charge in [0.05, 0.1) is 25.5 Å². The zero-order valence-electron chi connectivity index (χ0n) is 14.8. The second-order valence-electron chi connectivity index (χ2n) is 6.92. The molecule has 3 N–H and O–H groups in total. The third-order valence-electron chi connectivity index (χ3n) is 5.06. The summed E-state index contributed by atoms with van der Waals surface area (Å²) in [4.78, 5) is 16.0. The Morgan fingerprint density at radius 1 is 1.42 bits per heavy atom. The van der Waals surface area contributed by atoms with Crippen LogP contribution in [0.25, 0.3) is 10.9 Å². The minimum Gasteiger partial charge on any atom is -0.497 e. The molecule has 4 rings (SSSR count). The van der Waals surface area contributed by atoms with Gasteiger partial charge in [0.2, 0.25) is 0 Å². The number of rotatable bonds is 5. The fourth-order valence-corrected chi connectivity index (χ4v) is 3.56. The first-order chi connectivity index (χ1) is 12.5. The highest BCUT2D eigenvalue weighted by atomic mass is 16.5. The molecule has 0 radical (unpaired) electrons. The van der Waals surface area contributed by atoms with Gasteiger partial charge in [0, 0.05) is 29.7 Å². The first-order valence-corrected chi connectivity index (χ1v) is 8.67. The van der Waals surface area contributed by atoms with E-state index in [0.29, 0.717) is 18.5 Å². The Balaban J connectivity index is 1.58. The number of aryl methyl sites for hydroxylation is 1. The van der Waals surface area contributed by atoms with Crippen LogP contribution in [-0.4, -0.2) is 39.0 Å². The number of hydrogen-bond donors (Lipinski definition) is 3. The number of aromatic nitrogens is 3. The molecule has 0 bridgehead atoms. The Hall–Kier alpha value is -2.80. The fraction of sp³-hybridized carbons (Fsp3) is 0.368. The number of fused-ring (bicyclic) bond motifs is 1. The average molecular weight is 354 g/mol. The predicted octanol–water partition coefficient (Wildman–Crippen LogP) is 2.15. The van der Waals surface area contributed by atoms with E-state index in [2.05, 4.69) is 15.4 Å². The summed E-state index contributed by atoms with van der Waals surface area (Å²) in [5.74, 6) is 0.790. The molecule has 1 amide bonds. The third-order valence-corrected chi connectivity index (χ3v) is 5.06. The topological polar surface area (TPSA) is 92.2 Å². The van der Waals surface area contributed by atoms with Crippen molar-refractivity contribution in [2.24, 2.45) is 13.0 Å². The van der Waals surface area contributed by atoms with Crippen LogP contribution in [-0.2, 0) is 7.05 Å². The van der Waals surface area contributed by atoms with Gasteiger partial charge in [-0.1, -0.05) is 0 Å². The lowest BCUT2D eigenvalue weighted by atomic mass is 9.75. The number of carbonyl (C=O) groups is 1. The minimum absolute atomic E-state index is 0.166. The summed E-state index contributed by atoms with van der Waals surface area (Å²) < 4.78 is 6.95. The number of benzene rings is 1. The van der Waals surface area contributed by atoms with Crippen molar-refractivity contribution in [2.75, 3.05) is 7.11 Å². The van der Waals surface area contributed by atoms with Gasteiger partial charge in [-0.2, -0.15) is 5.10 Å². The van der Waals surface area contributed by atoms with Crippen LogP contribution in [0.4, 0.5) is 0 Å². The summed E-state index contributed by atoms with van der Waals surface area (Å²) in [7, 11) is 3.47. The molecule has 0 aliphatic heterocycles. The van der Waals surface area contributed by atoms with Gasteiger partial charge in [-0.3, -0.25) is 9.48 Å². The minimum atomic E-state index is -0.281. The standard InChI is InChI=1S/C19H22N4O3/c1-23-10-13(9-20-23)18(12-5-14(24)6-12)22-19(25)17-8-11-7-15(26-2)3-4-16(11)21-17/h3-4,7-10,12,14,18,21,24H,5-6H2,1-2H3,(H,22,25)/t12?,14?,18-/m0/s1. The third kappa shape index (κ3) is 3.06. The van der Waals surface area contributed by atoms with Crippen molar-refractivity contribution in [3.8, 4) is 5.75 Å². The van der Waals surface area contributed by atoms with Crippen LogP contribution < -0.4 is 10.1 Å². The molecule has 1 aliphatic rings. The summed E-state index contributed by atoms with van der Waals surface area (Å²) in [6.45, 7) is 0. The summed E-state index contributed by atoms with van der Waals surface area (Å²) in [5.41, 5.74) is 2.34. The molecule has 26 heavy (non-hydrogen) atoms. The highest BCUT2D eigenvalue weighted by molar-refractivity contribution is 5.98. The van der Waals surface area contributed by atoms with E-state index in [1.807, 2.05) is 37.5 Å². The van der Waals surface area contributed by atoms with Crippen molar-refractivity contribution in [3.63, 3.8) is 0 Å². The van der Waals surface area contributed by atoms with Gasteiger partial charge in [0.15, 0.2) is 0 Å². The quantitative estimate of drug-likeness (QED) is 0.655. The smallest absolute Gasteiger partial charge is 0.268 e. The van der Waals surface area contributed by atoms with Crippen molar-refractivity contribution >= 4 is 16.8 Å². The molecule has 1 aliphatic carbocycles. The second kappa shape index (κ2) is 6.49. The molecule has 0 spiro atoms. The number of aliphatic hydroxyl groups is 1. The molecule has 0 unspecified atom stereocenters. The maximum atomic E-state index is 12.8. The van der Waals surface area contributed by atoms with E-state index in [0.717, 1.165) is 22.2 Å². The molecule has 2 aromatic heterocycles. The molecule has 0 saturated heterocycles. The number of aliphatic hydroxyl groups excluding tert-OH is 1. The van der Waals surface area contributed by atoms with E-state index in [1.54, 1.807) is 18.0 Å². The lowest BCUT2D eigenvalue weighted by molar-refractivity contribution is 0.0234. The van der Waals surface area contributed by atoms with Crippen molar-refractivity contribution in [2.45, 2.75) is 25.0 Å². The molecule has 2 heterocycles. The summed E-state index contributed by atoms with van der Waals surface area (Å²) in [5, 5.41) is 17.9. The molecular weight excluding hydrogens is 332 g/mol. The van der Waals surface area contributed by atoms with E-state index in [9.17, 15) is 9.90 Å². The van der Waals surface area contributed by atoms with Gasteiger partial charge < -0.3 is 20.1 Å². The molecule has 7 nitrogen and oxygen atoms in total. The van der Waals surface area contributed by atoms with Gasteiger partial charge >= 0.3 is 0 Å². The van der Waals surface area contributed by atoms with Gasteiger partial charge in [0.25, 0.3) is 5.91 Å². The number of carbonyl (C=O) groups excluding carboxylic acids is 1. The number of hydrogen-bond acceptors (Lipinski definition) is 4. The number of nitrogens with zero attached hydrogens (tertiary/aromatic N) is 2. The Kier molecular flexibility index (Phi) is 4.16. The molecule has 136 valence electrons. The Morgan fingerprint density at radius 3 is 2.88 bits per heavy atom. The van der Waals surface area contributed by atoms with Crippen LogP contribution in [0.1, 0.15) is 34.9 Å². The molecule has 3 aromatic rings. The SMILES string of the molecule is COc1ccc2[nH]c(C(=O)N[C@H](c3cnn(C)c3)C3CC(O)C3)cc2c1. The number of methoxy groups -OCH3 is 1. The molecule has 1 saturated carbocycles. The first kappa shape index (κ1) is 16.7. The Morgan fingerprint density at radius 2 is 2.23 bits per heavy atom. The number of nitrogens with one attached hydrogen (secondary N) is 2. The molecule has 1 fully saturated rings. The summed E-state index contributed by atoms with van der Waals surface area (Å²) >= 11 is 0. The lowest BCUT2D eigenvalue weighted by Crippen LogP contribution is -2.41. The number of ether oxygens (including phenoxy) is 1. The van der Waals surface area contributed by atoms with Crippen molar-refractivity contribution in [3.05, 3.63) is 47.9 Å². The van der Waals surface area contributed by atoms with Gasteiger partial charge in [-0.05, 0) is 43.0 Å². The van der Waals surface area contributed by atoms with Crippen LogP contribution >= 0.6 is 0 Å². The van der Waals surface area contributed by atoms with E-state index in [-0.39, 0.29) is 24.0 Å². The number of amides is 1. The molecule has 7 heteroatoms. The molecule has 1 aromatic carbocycles. The summed E-state index contributed by atoms with van der Waals surface area (Å²) in [6.07, 6.45) is 4.77. The zero-order chi connectivity index (χ0) is 18.3. The van der Waals surface area contributed by atoms with Crippen LogP contribution in [0.5, 0.6) is 5.75 Å². The van der Waals surface area contributed by atoms with E-state index in [1.165, 1.54) is 0 Å². The van der Waals surface area contributed by atoms with Crippen LogP contribution in [0, 0.1) is 5.92 Å². The lowest BCUT2D eigenvalue weighted by Gasteiger charge is -2.37. The van der Waals surface area contributed by atoms with Crippen molar-refractivity contribution in [1.29, 1.82) is 0 Å². The fourth-order valence-electron chi connectivity index (χ4n) is 3.56. The Labute approximate surface area is 151 Å². The summed E-state index contributed by atoms with van der Waals surface area (Å²) in [6, 6.07) is 7.30. The van der Waals surface area contributed by atoms with Crippen LogP contribution in [0.3, 0.4) is 0 Å². The highest BCUT2D eigenvalue weighted by Crippen LogP contribution is 2.38. The van der Waals surface area contributed by atoms with Crippen LogP contribution in [0.15, 0.2) is 36.7 Å². The average Bonchev–Trinajstić information content (AvgIpc) is 3.22. The molecule has 1 atom stereocenters. The van der Waals surface area contributed by atoms with Gasteiger partial charge in [0.1, 0.15) is 11.4 Å². The zero-order valence-corrected chi connectivity index (χ0v) is 14.8. The van der Waals surface area contributed by atoms with Gasteiger partial charge in [-0.15, -0.1) is 0 Å². The van der Waals surface area contributed by atoms with E-state index in [4.69, 9.17) is 4.74 Å².